The van der Waals surface area contributed by atoms with Gasteiger partial charge in [-0.25, -0.2) is 0 Å². The SMILES string of the molecule is Nc1cncc(Nc2cc(Br)ccc2Br)c1. The average molecular weight is 343 g/mol. The molecule has 0 spiro atoms. The first kappa shape index (κ1) is 11.4. The van der Waals surface area contributed by atoms with Gasteiger partial charge in [-0.2, -0.15) is 0 Å². The van der Waals surface area contributed by atoms with E-state index in [1.807, 2.05) is 24.3 Å². The lowest BCUT2D eigenvalue weighted by molar-refractivity contribution is 1.32. The molecule has 0 aliphatic heterocycles. The number of anilines is 3. The molecule has 2 rings (SSSR count). The van der Waals surface area contributed by atoms with Crippen molar-refractivity contribution in [1.82, 2.24) is 4.98 Å². The second-order valence-electron chi connectivity index (χ2n) is 3.26. The molecule has 1 aromatic carbocycles. The van der Waals surface area contributed by atoms with Gasteiger partial charge in [-0.15, -0.1) is 0 Å². The van der Waals surface area contributed by atoms with E-state index in [-0.39, 0.29) is 0 Å². The molecule has 2 aromatic rings. The van der Waals surface area contributed by atoms with Crippen LogP contribution in [0.3, 0.4) is 0 Å². The number of benzene rings is 1. The quantitative estimate of drug-likeness (QED) is 0.869. The highest BCUT2D eigenvalue weighted by Crippen LogP contribution is 2.29. The van der Waals surface area contributed by atoms with Crippen molar-refractivity contribution in [3.8, 4) is 0 Å². The smallest absolute Gasteiger partial charge is 0.0591 e. The molecule has 16 heavy (non-hydrogen) atoms. The zero-order chi connectivity index (χ0) is 11.5. The number of hydrogen-bond donors (Lipinski definition) is 2. The molecular formula is C11H9Br2N3. The van der Waals surface area contributed by atoms with Crippen LogP contribution >= 0.6 is 31.9 Å². The van der Waals surface area contributed by atoms with Crippen molar-refractivity contribution in [2.24, 2.45) is 0 Å². The number of nitrogens with zero attached hydrogens (tertiary/aromatic N) is 1. The minimum Gasteiger partial charge on any atom is -0.397 e. The normalized spacial score (nSPS) is 10.1. The Hall–Kier alpha value is -1.07. The molecule has 1 aromatic heterocycles. The molecule has 5 heteroatoms. The molecule has 0 aliphatic rings. The van der Waals surface area contributed by atoms with Crippen molar-refractivity contribution in [2.45, 2.75) is 0 Å². The second kappa shape index (κ2) is 4.84. The van der Waals surface area contributed by atoms with E-state index in [9.17, 15) is 0 Å². The van der Waals surface area contributed by atoms with Crippen LogP contribution in [0, 0.1) is 0 Å². The van der Waals surface area contributed by atoms with Crippen molar-refractivity contribution in [3.05, 3.63) is 45.6 Å². The zero-order valence-electron chi connectivity index (χ0n) is 8.24. The summed E-state index contributed by atoms with van der Waals surface area (Å²) in [5.41, 5.74) is 8.11. The van der Waals surface area contributed by atoms with E-state index in [1.54, 1.807) is 12.4 Å². The van der Waals surface area contributed by atoms with E-state index in [4.69, 9.17) is 5.73 Å². The number of aromatic nitrogens is 1. The van der Waals surface area contributed by atoms with Crippen LogP contribution in [-0.2, 0) is 0 Å². The fourth-order valence-electron chi connectivity index (χ4n) is 1.27. The first-order chi connectivity index (χ1) is 7.65. The van der Waals surface area contributed by atoms with E-state index in [0.717, 1.165) is 20.3 Å². The highest BCUT2D eigenvalue weighted by Gasteiger charge is 2.01. The summed E-state index contributed by atoms with van der Waals surface area (Å²) in [6.07, 6.45) is 3.34. The Kier molecular flexibility index (Phi) is 3.46. The number of nitrogens with two attached hydrogens (primary N) is 1. The van der Waals surface area contributed by atoms with E-state index in [0.29, 0.717) is 5.69 Å². The van der Waals surface area contributed by atoms with Gasteiger partial charge in [0.25, 0.3) is 0 Å². The summed E-state index contributed by atoms with van der Waals surface area (Å²) in [7, 11) is 0. The second-order valence-corrected chi connectivity index (χ2v) is 5.03. The summed E-state index contributed by atoms with van der Waals surface area (Å²) in [5.74, 6) is 0. The predicted octanol–water partition coefficient (Wildman–Crippen LogP) is 3.93. The zero-order valence-corrected chi connectivity index (χ0v) is 11.4. The van der Waals surface area contributed by atoms with E-state index >= 15 is 0 Å². The monoisotopic (exact) mass is 341 g/mol. The maximum atomic E-state index is 5.66. The van der Waals surface area contributed by atoms with Gasteiger partial charge >= 0.3 is 0 Å². The third-order valence-corrected chi connectivity index (χ3v) is 3.15. The highest BCUT2D eigenvalue weighted by atomic mass is 79.9. The Bertz CT molecular complexity index is 514. The highest BCUT2D eigenvalue weighted by molar-refractivity contribution is 9.11. The van der Waals surface area contributed by atoms with Gasteiger partial charge in [0.15, 0.2) is 0 Å². The molecule has 0 saturated carbocycles. The van der Waals surface area contributed by atoms with Crippen LogP contribution in [0.25, 0.3) is 0 Å². The van der Waals surface area contributed by atoms with Crippen molar-refractivity contribution >= 4 is 48.9 Å². The van der Waals surface area contributed by atoms with Crippen molar-refractivity contribution in [3.63, 3.8) is 0 Å². The third-order valence-electron chi connectivity index (χ3n) is 1.97. The minimum atomic E-state index is 0.635. The Labute approximate surface area is 110 Å². The Morgan fingerprint density at radius 2 is 1.94 bits per heavy atom. The van der Waals surface area contributed by atoms with Gasteiger partial charge in [0.1, 0.15) is 0 Å². The van der Waals surface area contributed by atoms with Gasteiger partial charge in [-0.1, -0.05) is 15.9 Å². The lowest BCUT2D eigenvalue weighted by Gasteiger charge is -2.09. The average Bonchev–Trinajstić information content (AvgIpc) is 2.24. The molecule has 82 valence electrons. The standard InChI is InChI=1S/C11H9Br2N3/c12-7-1-2-10(13)11(3-7)16-9-4-8(14)5-15-6-9/h1-6,16H,14H2. The molecule has 0 fully saturated rings. The summed E-state index contributed by atoms with van der Waals surface area (Å²) in [4.78, 5) is 4.02. The summed E-state index contributed by atoms with van der Waals surface area (Å²) in [6, 6.07) is 7.74. The number of rotatable bonds is 2. The molecular weight excluding hydrogens is 334 g/mol. The molecule has 0 saturated heterocycles. The van der Waals surface area contributed by atoms with Crippen LogP contribution in [0.4, 0.5) is 17.1 Å². The van der Waals surface area contributed by atoms with Gasteiger partial charge in [0, 0.05) is 15.1 Å². The minimum absolute atomic E-state index is 0.635. The molecule has 1 heterocycles. The van der Waals surface area contributed by atoms with Crippen molar-refractivity contribution < 1.29 is 0 Å². The van der Waals surface area contributed by atoms with Crippen LogP contribution in [0.2, 0.25) is 0 Å². The molecule has 3 nitrogen and oxygen atoms in total. The van der Waals surface area contributed by atoms with Crippen LogP contribution in [0.15, 0.2) is 45.6 Å². The summed E-state index contributed by atoms with van der Waals surface area (Å²) in [6.45, 7) is 0. The fourth-order valence-corrected chi connectivity index (χ4v) is 1.98. The predicted molar refractivity (Wildman–Crippen MR) is 73.8 cm³/mol. The van der Waals surface area contributed by atoms with Crippen LogP contribution in [0.5, 0.6) is 0 Å². The molecule has 0 atom stereocenters. The first-order valence-electron chi connectivity index (χ1n) is 4.58. The summed E-state index contributed by atoms with van der Waals surface area (Å²) in [5, 5.41) is 3.23. The third kappa shape index (κ3) is 2.74. The lowest BCUT2D eigenvalue weighted by atomic mass is 10.3. The molecule has 0 amide bonds. The van der Waals surface area contributed by atoms with Gasteiger partial charge in [0.2, 0.25) is 0 Å². The van der Waals surface area contributed by atoms with Gasteiger partial charge in [-0.05, 0) is 40.2 Å². The Balaban J connectivity index is 2.30. The van der Waals surface area contributed by atoms with Crippen molar-refractivity contribution in [1.29, 1.82) is 0 Å². The van der Waals surface area contributed by atoms with E-state index < -0.39 is 0 Å². The van der Waals surface area contributed by atoms with E-state index in [1.165, 1.54) is 0 Å². The Morgan fingerprint density at radius 3 is 2.69 bits per heavy atom. The molecule has 0 radical (unpaired) electrons. The topological polar surface area (TPSA) is 50.9 Å². The van der Waals surface area contributed by atoms with Crippen LogP contribution in [0.1, 0.15) is 0 Å². The summed E-state index contributed by atoms with van der Waals surface area (Å²) >= 11 is 6.89. The lowest BCUT2D eigenvalue weighted by Crippen LogP contribution is -1.94. The number of pyridine rings is 1. The number of hydrogen-bond acceptors (Lipinski definition) is 3. The number of nitrogens with one attached hydrogen (secondary N) is 1. The number of halogens is 2. The van der Waals surface area contributed by atoms with Crippen molar-refractivity contribution in [2.75, 3.05) is 11.1 Å². The van der Waals surface area contributed by atoms with Gasteiger partial charge in [0.05, 0.1) is 23.3 Å². The van der Waals surface area contributed by atoms with Crippen LogP contribution in [-0.4, -0.2) is 4.98 Å². The number of nitrogen functional groups attached to an aromatic ring is 1. The van der Waals surface area contributed by atoms with Gasteiger partial charge in [-0.3, -0.25) is 4.98 Å². The maximum Gasteiger partial charge on any atom is 0.0591 e. The van der Waals surface area contributed by atoms with Gasteiger partial charge < -0.3 is 11.1 Å². The Morgan fingerprint density at radius 1 is 1.12 bits per heavy atom. The maximum absolute atomic E-state index is 5.66. The molecule has 0 aliphatic carbocycles. The summed E-state index contributed by atoms with van der Waals surface area (Å²) < 4.78 is 1.99. The largest absolute Gasteiger partial charge is 0.397 e. The van der Waals surface area contributed by atoms with E-state index in [2.05, 4.69) is 42.2 Å². The molecule has 3 N–H and O–H groups in total. The fraction of sp³-hybridized carbons (Fsp3) is 0. The first-order valence-corrected chi connectivity index (χ1v) is 6.16. The van der Waals surface area contributed by atoms with Crippen LogP contribution < -0.4 is 11.1 Å². The molecule has 0 unspecified atom stereocenters. The molecule has 0 bridgehead atoms.